The molecule has 5 nitrogen and oxygen atoms in total. The van der Waals surface area contributed by atoms with Gasteiger partial charge in [-0.3, -0.25) is 4.98 Å². The Kier molecular flexibility index (Phi) is 8.16. The van der Waals surface area contributed by atoms with Gasteiger partial charge in [-0.05, 0) is 98.1 Å². The molecule has 0 fully saturated rings. The van der Waals surface area contributed by atoms with Crippen LogP contribution in [0.5, 0.6) is 0 Å². The second-order valence-corrected chi connectivity index (χ2v) is 17.9. The van der Waals surface area contributed by atoms with Crippen LogP contribution in [-0.4, -0.2) is 23.4 Å². The summed E-state index contributed by atoms with van der Waals surface area (Å²) in [6, 6.07) is 58.8. The fourth-order valence-corrected chi connectivity index (χ4v) is 10.9. The summed E-state index contributed by atoms with van der Waals surface area (Å²) in [4.78, 5) is 15.1. The van der Waals surface area contributed by atoms with E-state index in [0.717, 1.165) is 72.5 Å². The summed E-state index contributed by atoms with van der Waals surface area (Å²) in [5.74, 6) is 0.550. The Balaban J connectivity index is 1.27. The van der Waals surface area contributed by atoms with Gasteiger partial charge in [-0.25, -0.2) is 18.4 Å². The molecule has 3 heterocycles. The van der Waals surface area contributed by atoms with Gasteiger partial charge in [-0.1, -0.05) is 147 Å². The van der Waals surface area contributed by atoms with E-state index in [4.69, 9.17) is 9.97 Å². The fourth-order valence-electron chi connectivity index (χ4n) is 9.25. The summed E-state index contributed by atoms with van der Waals surface area (Å²) in [5, 5.41) is 0. The molecule has 2 aliphatic rings. The predicted molar refractivity (Wildman–Crippen MR) is 241 cm³/mol. The normalized spacial score (nSPS) is 13.9. The molecule has 0 radical (unpaired) electrons. The molecule has 2 aromatic heterocycles. The standard InChI is InChI=1S/C54H37N3O2S/c1-54(2)47-24-12-10-22-42(47)45-30-46-44-29-35(50-32-49(34-15-4-3-5-16-34)56-53(57-50)36-17-14-28-55-33-36)26-27-41(44)39-20-7-6-18-37(39)38-19-8-9-21-40(38)43-23-11-13-25-51(43)60(58,59)52(46)31-48(45)54/h3-33H,1-2H3. The third-order valence-corrected chi connectivity index (χ3v) is 14.0. The number of hydrogen-bond donors (Lipinski definition) is 0. The first-order valence-corrected chi connectivity index (χ1v) is 21.6. The molecule has 6 heteroatoms. The number of pyridine rings is 1. The lowest BCUT2D eigenvalue weighted by molar-refractivity contribution is 0.596. The molecule has 0 unspecified atom stereocenters. The van der Waals surface area contributed by atoms with Crippen molar-refractivity contribution in [2.45, 2.75) is 29.1 Å². The molecule has 0 saturated carbocycles. The highest BCUT2D eigenvalue weighted by molar-refractivity contribution is 7.91. The topological polar surface area (TPSA) is 72.8 Å². The van der Waals surface area contributed by atoms with E-state index in [1.165, 1.54) is 5.56 Å². The number of rotatable bonds is 3. The van der Waals surface area contributed by atoms with Gasteiger partial charge in [-0.2, -0.15) is 0 Å². The van der Waals surface area contributed by atoms with Gasteiger partial charge in [0.15, 0.2) is 5.82 Å². The summed E-state index contributed by atoms with van der Waals surface area (Å²) in [5.41, 5.74) is 14.8. The second kappa shape index (κ2) is 13.7. The number of benzene rings is 7. The molecule has 7 aromatic carbocycles. The molecule has 1 aliphatic heterocycles. The maximum atomic E-state index is 15.8. The van der Waals surface area contributed by atoms with Gasteiger partial charge < -0.3 is 0 Å². The van der Waals surface area contributed by atoms with Crippen LogP contribution >= 0.6 is 0 Å². The first kappa shape index (κ1) is 35.8. The molecule has 0 amide bonds. The molecule has 0 bridgehead atoms. The minimum absolute atomic E-state index is 0.272. The summed E-state index contributed by atoms with van der Waals surface area (Å²) >= 11 is 0. The van der Waals surface area contributed by atoms with Crippen molar-refractivity contribution in [3.05, 3.63) is 199 Å². The molecule has 11 rings (SSSR count). The quantitative estimate of drug-likeness (QED) is 0.178. The van der Waals surface area contributed by atoms with Crippen molar-refractivity contribution >= 4 is 9.84 Å². The van der Waals surface area contributed by atoms with Gasteiger partial charge in [0.2, 0.25) is 9.84 Å². The van der Waals surface area contributed by atoms with Crippen LogP contribution in [0.3, 0.4) is 0 Å². The van der Waals surface area contributed by atoms with Crippen LogP contribution in [0, 0.1) is 0 Å². The molecule has 0 saturated heterocycles. The third kappa shape index (κ3) is 5.59. The van der Waals surface area contributed by atoms with Crippen molar-refractivity contribution < 1.29 is 8.42 Å². The summed E-state index contributed by atoms with van der Waals surface area (Å²) in [6.45, 7) is 4.38. The van der Waals surface area contributed by atoms with E-state index in [0.29, 0.717) is 22.6 Å². The van der Waals surface area contributed by atoms with Crippen molar-refractivity contribution in [3.8, 4) is 89.5 Å². The lowest BCUT2D eigenvalue weighted by Gasteiger charge is -2.24. The first-order valence-electron chi connectivity index (χ1n) is 20.1. The van der Waals surface area contributed by atoms with Gasteiger partial charge in [0.05, 0.1) is 21.2 Å². The highest BCUT2D eigenvalue weighted by Gasteiger charge is 2.39. The monoisotopic (exact) mass is 791 g/mol. The van der Waals surface area contributed by atoms with Crippen LogP contribution < -0.4 is 0 Å². The number of fused-ring (bicyclic) bond motifs is 12. The van der Waals surface area contributed by atoms with Crippen LogP contribution in [0.1, 0.15) is 25.0 Å². The second-order valence-electron chi connectivity index (χ2n) is 16.0. The maximum Gasteiger partial charge on any atom is 0.207 e. The van der Waals surface area contributed by atoms with Gasteiger partial charge in [0.1, 0.15) is 0 Å². The third-order valence-electron chi connectivity index (χ3n) is 12.2. The van der Waals surface area contributed by atoms with Crippen molar-refractivity contribution in [1.29, 1.82) is 0 Å². The molecule has 9 aromatic rings. The van der Waals surface area contributed by atoms with Crippen LogP contribution in [0.4, 0.5) is 0 Å². The number of aromatic nitrogens is 3. The largest absolute Gasteiger partial charge is 0.264 e. The zero-order chi connectivity index (χ0) is 40.6. The molecular formula is C54H37N3O2S. The highest BCUT2D eigenvalue weighted by Crippen LogP contribution is 2.54. The van der Waals surface area contributed by atoms with Crippen LogP contribution in [0.25, 0.3) is 89.5 Å². The van der Waals surface area contributed by atoms with Crippen LogP contribution in [0.2, 0.25) is 0 Å². The van der Waals surface area contributed by atoms with Crippen molar-refractivity contribution in [1.82, 2.24) is 15.0 Å². The molecule has 60 heavy (non-hydrogen) atoms. The lowest BCUT2D eigenvalue weighted by Crippen LogP contribution is -2.16. The Hall–Kier alpha value is -7.28. The fraction of sp³-hybridized carbons (Fsp3) is 0.0556. The van der Waals surface area contributed by atoms with E-state index < -0.39 is 15.3 Å². The van der Waals surface area contributed by atoms with Crippen molar-refractivity contribution in [2.75, 3.05) is 0 Å². The van der Waals surface area contributed by atoms with E-state index in [-0.39, 0.29) is 9.79 Å². The molecule has 0 N–H and O–H groups in total. The minimum Gasteiger partial charge on any atom is -0.264 e. The van der Waals surface area contributed by atoms with Gasteiger partial charge in [0, 0.05) is 45.6 Å². The molecule has 0 atom stereocenters. The SMILES string of the molecule is CC1(C)c2ccccc2-c2cc3c(cc21)S(=O)(=O)c1ccccc1-c1ccccc1-c1ccccc1-c1ccc(-c2cc(-c4ccccc4)nc(-c4cccnc4)n2)cc1-3. The van der Waals surface area contributed by atoms with Gasteiger partial charge in [-0.15, -0.1) is 0 Å². The van der Waals surface area contributed by atoms with Crippen LogP contribution in [-0.2, 0) is 15.3 Å². The van der Waals surface area contributed by atoms with E-state index in [1.54, 1.807) is 18.5 Å². The maximum absolute atomic E-state index is 15.8. The number of hydrogen-bond acceptors (Lipinski definition) is 5. The van der Waals surface area contributed by atoms with E-state index in [2.05, 4.69) is 97.7 Å². The van der Waals surface area contributed by atoms with Gasteiger partial charge in [0.25, 0.3) is 0 Å². The zero-order valence-electron chi connectivity index (χ0n) is 33.0. The number of nitrogens with zero attached hydrogens (tertiary/aromatic N) is 3. The Labute approximate surface area is 349 Å². The zero-order valence-corrected chi connectivity index (χ0v) is 33.8. The Morgan fingerprint density at radius 2 is 0.967 bits per heavy atom. The Morgan fingerprint density at radius 1 is 0.400 bits per heavy atom. The lowest BCUT2D eigenvalue weighted by atomic mass is 9.81. The average Bonchev–Trinajstić information content (AvgIpc) is 3.53. The predicted octanol–water partition coefficient (Wildman–Crippen LogP) is 13.0. The highest BCUT2D eigenvalue weighted by atomic mass is 32.2. The number of sulfone groups is 1. The van der Waals surface area contributed by atoms with Gasteiger partial charge >= 0.3 is 0 Å². The van der Waals surface area contributed by atoms with E-state index >= 15 is 8.42 Å². The summed E-state index contributed by atoms with van der Waals surface area (Å²) < 4.78 is 31.5. The smallest absolute Gasteiger partial charge is 0.207 e. The first-order chi connectivity index (χ1) is 29.3. The molecule has 1 aliphatic carbocycles. The Bertz CT molecular complexity index is 3250. The average molecular weight is 792 g/mol. The van der Waals surface area contributed by atoms with Crippen molar-refractivity contribution in [3.63, 3.8) is 0 Å². The van der Waals surface area contributed by atoms with Crippen molar-refractivity contribution in [2.24, 2.45) is 0 Å². The van der Waals surface area contributed by atoms with Crippen LogP contribution in [0.15, 0.2) is 198 Å². The summed E-state index contributed by atoms with van der Waals surface area (Å²) in [6.07, 6.45) is 3.52. The molecular weight excluding hydrogens is 755 g/mol. The Morgan fingerprint density at radius 3 is 1.65 bits per heavy atom. The van der Waals surface area contributed by atoms with E-state index in [1.807, 2.05) is 91.0 Å². The molecule has 0 spiro atoms. The minimum atomic E-state index is -4.14. The van der Waals surface area contributed by atoms with E-state index in [9.17, 15) is 0 Å². The molecule has 286 valence electrons. The summed E-state index contributed by atoms with van der Waals surface area (Å²) in [7, 11) is -4.14.